The summed E-state index contributed by atoms with van der Waals surface area (Å²) in [5, 5.41) is 3.69. The van der Waals surface area contributed by atoms with Gasteiger partial charge in [0.1, 0.15) is 18.3 Å². The highest BCUT2D eigenvalue weighted by Gasteiger charge is 2.33. The Hall–Kier alpha value is -3.27. The van der Waals surface area contributed by atoms with Crippen LogP contribution in [-0.2, 0) is 26.2 Å². The molecule has 2 amide bonds. The summed E-state index contributed by atoms with van der Waals surface area (Å²) < 4.78 is 34.3. The van der Waals surface area contributed by atoms with Gasteiger partial charge in [0, 0.05) is 22.1 Å². The summed E-state index contributed by atoms with van der Waals surface area (Å²) in [6.45, 7) is 8.82. The molecule has 11 heteroatoms. The summed E-state index contributed by atoms with van der Waals surface area (Å²) >= 11 is 12.4. The maximum atomic E-state index is 14.0. The average molecular weight is 621 g/mol. The quantitative estimate of drug-likeness (QED) is 0.287. The summed E-state index contributed by atoms with van der Waals surface area (Å²) in [5.41, 5.74) is 0.323. The van der Waals surface area contributed by atoms with E-state index in [-0.39, 0.29) is 23.0 Å². The Kier molecular flexibility index (Phi) is 10.7. The van der Waals surface area contributed by atoms with Gasteiger partial charge in [-0.2, -0.15) is 0 Å². The molecule has 0 heterocycles. The van der Waals surface area contributed by atoms with Gasteiger partial charge in [0.2, 0.25) is 11.8 Å². The smallest absolute Gasteiger partial charge is 0.264 e. The number of ether oxygens (including phenoxy) is 1. The van der Waals surface area contributed by atoms with Crippen LogP contribution >= 0.6 is 23.2 Å². The van der Waals surface area contributed by atoms with E-state index in [1.165, 1.54) is 29.2 Å². The molecule has 0 bridgehead atoms. The van der Waals surface area contributed by atoms with Gasteiger partial charge in [-0.3, -0.25) is 13.9 Å². The van der Waals surface area contributed by atoms with E-state index in [1.54, 1.807) is 55.5 Å². The molecule has 3 rings (SSSR count). The number of sulfonamides is 1. The number of hydrogen-bond acceptors (Lipinski definition) is 5. The van der Waals surface area contributed by atoms with Gasteiger partial charge in [0.25, 0.3) is 10.0 Å². The lowest BCUT2D eigenvalue weighted by atomic mass is 10.1. The molecule has 0 spiro atoms. The molecule has 3 aromatic rings. The Morgan fingerprint density at radius 1 is 0.951 bits per heavy atom. The van der Waals surface area contributed by atoms with Crippen molar-refractivity contribution >= 4 is 50.7 Å². The van der Waals surface area contributed by atoms with Crippen molar-refractivity contribution in [3.63, 3.8) is 0 Å². The van der Waals surface area contributed by atoms with Crippen LogP contribution in [0.4, 0.5) is 5.69 Å². The number of rotatable bonds is 11. The molecule has 0 radical (unpaired) electrons. The van der Waals surface area contributed by atoms with Crippen LogP contribution in [0.25, 0.3) is 0 Å². The second-order valence-electron chi connectivity index (χ2n) is 10.4. The Labute approximate surface area is 252 Å². The predicted octanol–water partition coefficient (Wildman–Crippen LogP) is 5.92. The lowest BCUT2D eigenvalue weighted by molar-refractivity contribution is -0.140. The van der Waals surface area contributed by atoms with Gasteiger partial charge in [-0.05, 0) is 94.8 Å². The predicted molar refractivity (Wildman–Crippen MR) is 163 cm³/mol. The van der Waals surface area contributed by atoms with Crippen molar-refractivity contribution < 1.29 is 22.7 Å². The van der Waals surface area contributed by atoms with Crippen molar-refractivity contribution in [2.24, 2.45) is 0 Å². The number of benzene rings is 3. The number of carbonyl (C=O) groups excluding carboxylic acids is 2. The Balaban J connectivity index is 2.05. The van der Waals surface area contributed by atoms with E-state index in [4.69, 9.17) is 27.9 Å². The molecular formula is C30H35Cl2N3O5S. The average Bonchev–Trinajstić information content (AvgIpc) is 2.90. The van der Waals surface area contributed by atoms with E-state index >= 15 is 0 Å². The minimum absolute atomic E-state index is 0.00462. The van der Waals surface area contributed by atoms with Crippen molar-refractivity contribution in [1.29, 1.82) is 0 Å². The van der Waals surface area contributed by atoms with E-state index in [0.717, 1.165) is 4.31 Å². The number of halogens is 2. The van der Waals surface area contributed by atoms with Crippen molar-refractivity contribution in [2.45, 2.75) is 57.6 Å². The van der Waals surface area contributed by atoms with Gasteiger partial charge >= 0.3 is 0 Å². The van der Waals surface area contributed by atoms with Crippen LogP contribution in [0.15, 0.2) is 77.7 Å². The first-order chi connectivity index (χ1) is 19.2. The number of anilines is 1. The third-order valence-electron chi connectivity index (χ3n) is 6.08. The molecular weight excluding hydrogens is 585 g/mol. The minimum atomic E-state index is -4.22. The van der Waals surface area contributed by atoms with Crippen LogP contribution < -0.4 is 14.4 Å². The monoisotopic (exact) mass is 619 g/mol. The first kappa shape index (κ1) is 32.2. The fraction of sp³-hybridized carbons (Fsp3) is 0.333. The summed E-state index contributed by atoms with van der Waals surface area (Å²) in [4.78, 5) is 28.5. The normalized spacial score (nSPS) is 12.4. The van der Waals surface area contributed by atoms with E-state index in [2.05, 4.69) is 5.32 Å². The molecule has 41 heavy (non-hydrogen) atoms. The zero-order chi connectivity index (χ0) is 30.4. The molecule has 3 aromatic carbocycles. The fourth-order valence-corrected chi connectivity index (χ4v) is 5.74. The Morgan fingerprint density at radius 3 is 2.12 bits per heavy atom. The Bertz CT molecular complexity index is 1460. The summed E-state index contributed by atoms with van der Waals surface area (Å²) in [6.07, 6.45) is 0. The molecule has 0 aliphatic rings. The highest BCUT2D eigenvalue weighted by atomic mass is 35.5. The topological polar surface area (TPSA) is 96.0 Å². The molecule has 0 aromatic heterocycles. The van der Waals surface area contributed by atoms with Gasteiger partial charge in [0.05, 0.1) is 17.2 Å². The maximum Gasteiger partial charge on any atom is 0.264 e. The van der Waals surface area contributed by atoms with Crippen molar-refractivity contribution in [1.82, 2.24) is 10.2 Å². The molecule has 220 valence electrons. The molecule has 1 N–H and O–H groups in total. The lowest BCUT2D eigenvalue weighted by Crippen LogP contribution is -2.54. The van der Waals surface area contributed by atoms with Crippen LogP contribution in [0, 0.1) is 0 Å². The third kappa shape index (κ3) is 8.61. The molecule has 0 aliphatic carbocycles. The van der Waals surface area contributed by atoms with E-state index in [0.29, 0.717) is 28.0 Å². The standard InChI is InChI=1S/C30H35Cl2N3O5S/c1-6-40-25-15-13-24(14-16-25)35(41(38,39)26-17-11-23(31)12-18-26)20-28(36)34(19-22-9-7-8-10-27(22)32)21(2)29(37)33-30(3,4)5/h7-18,21H,6,19-20H2,1-5H3,(H,33,37)/t21-/m0/s1. The van der Waals surface area contributed by atoms with Gasteiger partial charge in [0.15, 0.2) is 0 Å². The number of carbonyl (C=O) groups is 2. The van der Waals surface area contributed by atoms with Crippen molar-refractivity contribution in [3.8, 4) is 5.75 Å². The van der Waals surface area contributed by atoms with Crippen LogP contribution in [-0.4, -0.2) is 49.9 Å². The van der Waals surface area contributed by atoms with Gasteiger partial charge in [-0.15, -0.1) is 0 Å². The molecule has 0 fully saturated rings. The number of nitrogens with one attached hydrogen (secondary N) is 1. The molecule has 0 aliphatic heterocycles. The molecule has 0 unspecified atom stereocenters. The van der Waals surface area contributed by atoms with Crippen LogP contribution in [0.3, 0.4) is 0 Å². The van der Waals surface area contributed by atoms with E-state index < -0.39 is 34.1 Å². The minimum Gasteiger partial charge on any atom is -0.494 e. The SMILES string of the molecule is CCOc1ccc(N(CC(=O)N(Cc2ccccc2Cl)[C@@H](C)C(=O)NC(C)(C)C)S(=O)(=O)c2ccc(Cl)cc2)cc1. The third-order valence-corrected chi connectivity index (χ3v) is 8.49. The van der Waals surface area contributed by atoms with Crippen LogP contribution in [0.1, 0.15) is 40.2 Å². The highest BCUT2D eigenvalue weighted by molar-refractivity contribution is 7.92. The molecule has 1 atom stereocenters. The Morgan fingerprint density at radius 2 is 1.56 bits per heavy atom. The lowest BCUT2D eigenvalue weighted by Gasteiger charge is -2.33. The summed E-state index contributed by atoms with van der Waals surface area (Å²) in [5.74, 6) is -0.418. The van der Waals surface area contributed by atoms with Crippen molar-refractivity contribution in [3.05, 3.63) is 88.4 Å². The zero-order valence-corrected chi connectivity index (χ0v) is 26.1. The molecule has 8 nitrogen and oxygen atoms in total. The van der Waals surface area contributed by atoms with Crippen LogP contribution in [0.2, 0.25) is 10.0 Å². The van der Waals surface area contributed by atoms with Crippen LogP contribution in [0.5, 0.6) is 5.75 Å². The number of hydrogen-bond donors (Lipinski definition) is 1. The second-order valence-corrected chi connectivity index (χ2v) is 13.1. The zero-order valence-electron chi connectivity index (χ0n) is 23.7. The van der Waals surface area contributed by atoms with Gasteiger partial charge in [-0.1, -0.05) is 41.4 Å². The van der Waals surface area contributed by atoms with Crippen molar-refractivity contribution in [2.75, 3.05) is 17.5 Å². The van der Waals surface area contributed by atoms with E-state index in [1.807, 2.05) is 27.7 Å². The fourth-order valence-electron chi connectivity index (χ4n) is 4.00. The molecule has 0 saturated heterocycles. The first-order valence-electron chi connectivity index (χ1n) is 13.1. The summed E-state index contributed by atoms with van der Waals surface area (Å²) in [6, 6.07) is 18.2. The molecule has 0 saturated carbocycles. The second kappa shape index (κ2) is 13.6. The highest BCUT2D eigenvalue weighted by Crippen LogP contribution is 2.28. The first-order valence-corrected chi connectivity index (χ1v) is 15.3. The van der Waals surface area contributed by atoms with Gasteiger partial charge < -0.3 is 15.0 Å². The van der Waals surface area contributed by atoms with Gasteiger partial charge in [-0.25, -0.2) is 8.42 Å². The largest absolute Gasteiger partial charge is 0.494 e. The summed E-state index contributed by atoms with van der Waals surface area (Å²) in [7, 11) is -4.22. The number of nitrogens with zero attached hydrogens (tertiary/aromatic N) is 2. The number of amides is 2. The maximum absolute atomic E-state index is 14.0. The van der Waals surface area contributed by atoms with E-state index in [9.17, 15) is 18.0 Å².